The van der Waals surface area contributed by atoms with Crippen molar-refractivity contribution in [1.82, 2.24) is 25.0 Å². The minimum atomic E-state index is -0.535. The van der Waals surface area contributed by atoms with E-state index in [-0.39, 0.29) is 5.91 Å². The predicted molar refractivity (Wildman–Crippen MR) is 100 cm³/mol. The van der Waals surface area contributed by atoms with Crippen LogP contribution in [0.4, 0.5) is 0 Å². The van der Waals surface area contributed by atoms with Crippen LogP contribution in [0.1, 0.15) is 31.1 Å². The van der Waals surface area contributed by atoms with Gasteiger partial charge in [0.1, 0.15) is 5.82 Å². The van der Waals surface area contributed by atoms with Crippen LogP contribution in [-0.4, -0.2) is 57.1 Å². The first-order chi connectivity index (χ1) is 11.9. The molecule has 1 aliphatic heterocycles. The number of carbonyl (C=O) groups is 1. The first-order valence-corrected chi connectivity index (χ1v) is 9.31. The SMILES string of the molecule is Cc1nc(CN2CCN(C(=O)C(C)(C)c3cccc(Br)c3)CC2)n[nH]1. The van der Waals surface area contributed by atoms with Crippen LogP contribution in [-0.2, 0) is 16.8 Å². The first kappa shape index (κ1) is 18.1. The maximum absolute atomic E-state index is 13.1. The molecule has 2 aromatic rings. The Labute approximate surface area is 156 Å². The molecule has 1 amide bonds. The molecule has 0 atom stereocenters. The molecule has 1 aliphatic rings. The normalized spacial score (nSPS) is 16.2. The van der Waals surface area contributed by atoms with E-state index in [1.165, 1.54) is 0 Å². The van der Waals surface area contributed by atoms with E-state index in [9.17, 15) is 4.79 Å². The standard InChI is InChI=1S/C18H24BrN5O/c1-13-20-16(22-21-13)12-23-7-9-24(10-8-23)17(25)18(2,3)14-5-4-6-15(19)11-14/h4-6,11H,7-10,12H2,1-3H3,(H,20,21,22). The summed E-state index contributed by atoms with van der Waals surface area (Å²) in [5.74, 6) is 1.82. The fourth-order valence-electron chi connectivity index (χ4n) is 3.16. The molecular weight excluding hydrogens is 382 g/mol. The highest BCUT2D eigenvalue weighted by atomic mass is 79.9. The van der Waals surface area contributed by atoms with Gasteiger partial charge in [-0.3, -0.25) is 14.8 Å². The molecule has 0 saturated carbocycles. The predicted octanol–water partition coefficient (Wildman–Crippen LogP) is 2.50. The molecule has 0 bridgehead atoms. The molecule has 0 aliphatic carbocycles. The second-order valence-corrected chi connectivity index (χ2v) is 7.96. The van der Waals surface area contributed by atoms with Crippen LogP contribution in [0.15, 0.2) is 28.7 Å². The van der Waals surface area contributed by atoms with Gasteiger partial charge in [-0.1, -0.05) is 28.1 Å². The third-order valence-electron chi connectivity index (χ3n) is 4.75. The maximum atomic E-state index is 13.1. The van der Waals surface area contributed by atoms with Gasteiger partial charge in [-0.15, -0.1) is 0 Å². The number of aromatic amines is 1. The van der Waals surface area contributed by atoms with Gasteiger partial charge < -0.3 is 4.90 Å². The van der Waals surface area contributed by atoms with Crippen LogP contribution in [0.25, 0.3) is 0 Å². The quantitative estimate of drug-likeness (QED) is 0.848. The minimum absolute atomic E-state index is 0.180. The van der Waals surface area contributed by atoms with E-state index in [1.54, 1.807) is 0 Å². The highest BCUT2D eigenvalue weighted by molar-refractivity contribution is 9.10. The molecule has 1 saturated heterocycles. The second-order valence-electron chi connectivity index (χ2n) is 7.04. The second kappa shape index (κ2) is 7.25. The number of nitrogens with one attached hydrogen (secondary N) is 1. The van der Waals surface area contributed by atoms with Crippen LogP contribution >= 0.6 is 15.9 Å². The highest BCUT2D eigenvalue weighted by Crippen LogP contribution is 2.28. The number of amides is 1. The summed E-state index contributed by atoms with van der Waals surface area (Å²) in [5.41, 5.74) is 0.498. The van der Waals surface area contributed by atoms with Gasteiger partial charge >= 0.3 is 0 Å². The lowest BCUT2D eigenvalue weighted by atomic mass is 9.83. The number of hydrogen-bond acceptors (Lipinski definition) is 4. The maximum Gasteiger partial charge on any atom is 0.232 e. The van der Waals surface area contributed by atoms with Crippen molar-refractivity contribution in [2.24, 2.45) is 0 Å². The number of piperazine rings is 1. The summed E-state index contributed by atoms with van der Waals surface area (Å²) in [6, 6.07) is 8.00. The molecule has 2 heterocycles. The van der Waals surface area contributed by atoms with Gasteiger partial charge in [-0.2, -0.15) is 5.10 Å². The van der Waals surface area contributed by atoms with Gasteiger partial charge in [0.25, 0.3) is 0 Å². The number of nitrogens with zero attached hydrogens (tertiary/aromatic N) is 4. The average molecular weight is 406 g/mol. The van der Waals surface area contributed by atoms with E-state index in [2.05, 4.69) is 36.0 Å². The summed E-state index contributed by atoms with van der Waals surface area (Å²) in [6.07, 6.45) is 0. The molecule has 1 aromatic carbocycles. The Kier molecular flexibility index (Phi) is 5.24. The molecule has 3 rings (SSSR count). The summed E-state index contributed by atoms with van der Waals surface area (Å²) in [4.78, 5) is 21.7. The molecule has 25 heavy (non-hydrogen) atoms. The lowest BCUT2D eigenvalue weighted by molar-refractivity contribution is -0.138. The Morgan fingerprint density at radius 1 is 1.28 bits per heavy atom. The highest BCUT2D eigenvalue weighted by Gasteiger charge is 2.35. The molecule has 0 spiro atoms. The lowest BCUT2D eigenvalue weighted by Crippen LogP contribution is -2.52. The van der Waals surface area contributed by atoms with Crippen LogP contribution in [0, 0.1) is 6.92 Å². The molecule has 0 unspecified atom stereocenters. The van der Waals surface area contributed by atoms with Gasteiger partial charge in [0.15, 0.2) is 5.82 Å². The molecule has 0 radical (unpaired) electrons. The minimum Gasteiger partial charge on any atom is -0.339 e. The van der Waals surface area contributed by atoms with Crippen molar-refractivity contribution in [3.05, 3.63) is 46.0 Å². The number of hydrogen-bond donors (Lipinski definition) is 1. The number of rotatable bonds is 4. The van der Waals surface area contributed by atoms with Gasteiger partial charge in [-0.05, 0) is 38.5 Å². The number of aryl methyl sites for hydroxylation is 1. The monoisotopic (exact) mass is 405 g/mol. The largest absolute Gasteiger partial charge is 0.339 e. The first-order valence-electron chi connectivity index (χ1n) is 8.52. The molecule has 6 nitrogen and oxygen atoms in total. The van der Waals surface area contributed by atoms with Crippen molar-refractivity contribution in [2.45, 2.75) is 32.7 Å². The molecule has 7 heteroatoms. The van der Waals surface area contributed by atoms with E-state index in [0.29, 0.717) is 0 Å². The van der Waals surface area contributed by atoms with E-state index >= 15 is 0 Å². The molecule has 1 fully saturated rings. The third-order valence-corrected chi connectivity index (χ3v) is 5.24. The van der Waals surface area contributed by atoms with Crippen molar-refractivity contribution in [3.8, 4) is 0 Å². The van der Waals surface area contributed by atoms with Crippen LogP contribution in [0.3, 0.4) is 0 Å². The fourth-order valence-corrected chi connectivity index (χ4v) is 3.56. The Morgan fingerprint density at radius 3 is 2.60 bits per heavy atom. The number of benzene rings is 1. The molecular formula is C18H24BrN5O. The van der Waals surface area contributed by atoms with Crippen LogP contribution in [0.5, 0.6) is 0 Å². The fraction of sp³-hybridized carbons (Fsp3) is 0.500. The zero-order valence-electron chi connectivity index (χ0n) is 14.9. The van der Waals surface area contributed by atoms with Crippen molar-refractivity contribution < 1.29 is 4.79 Å². The van der Waals surface area contributed by atoms with E-state index in [0.717, 1.165) is 54.4 Å². The number of aromatic nitrogens is 3. The van der Waals surface area contributed by atoms with Crippen LogP contribution in [0.2, 0.25) is 0 Å². The Morgan fingerprint density at radius 2 is 2.00 bits per heavy atom. The summed E-state index contributed by atoms with van der Waals surface area (Å²) in [6.45, 7) is 9.78. The topological polar surface area (TPSA) is 65.1 Å². The summed E-state index contributed by atoms with van der Waals surface area (Å²) < 4.78 is 0.998. The molecule has 1 aromatic heterocycles. The van der Waals surface area contributed by atoms with E-state index < -0.39 is 5.41 Å². The zero-order valence-corrected chi connectivity index (χ0v) is 16.5. The van der Waals surface area contributed by atoms with Crippen LogP contribution < -0.4 is 0 Å². The van der Waals surface area contributed by atoms with Crippen molar-refractivity contribution in [2.75, 3.05) is 26.2 Å². The Balaban J connectivity index is 1.61. The van der Waals surface area contributed by atoms with Gasteiger partial charge in [0, 0.05) is 30.7 Å². The van der Waals surface area contributed by atoms with E-state index in [4.69, 9.17) is 0 Å². The third kappa shape index (κ3) is 4.10. The summed E-state index contributed by atoms with van der Waals surface area (Å²) in [7, 11) is 0. The number of H-pyrrole nitrogens is 1. The number of carbonyl (C=O) groups excluding carboxylic acids is 1. The van der Waals surface area contributed by atoms with Gasteiger partial charge in [0.05, 0.1) is 12.0 Å². The molecule has 1 N–H and O–H groups in total. The lowest BCUT2D eigenvalue weighted by Gasteiger charge is -2.38. The van der Waals surface area contributed by atoms with Crippen molar-refractivity contribution >= 4 is 21.8 Å². The molecule has 134 valence electrons. The van der Waals surface area contributed by atoms with Crippen molar-refractivity contribution in [3.63, 3.8) is 0 Å². The van der Waals surface area contributed by atoms with E-state index in [1.807, 2.05) is 49.9 Å². The van der Waals surface area contributed by atoms with Gasteiger partial charge in [0.2, 0.25) is 5.91 Å². The zero-order chi connectivity index (χ0) is 18.0. The smallest absolute Gasteiger partial charge is 0.232 e. The summed E-state index contributed by atoms with van der Waals surface area (Å²) in [5, 5.41) is 7.06. The average Bonchev–Trinajstić information content (AvgIpc) is 3.00. The van der Waals surface area contributed by atoms with Gasteiger partial charge in [-0.25, -0.2) is 4.98 Å². The Hall–Kier alpha value is -1.73. The van der Waals surface area contributed by atoms with Crippen molar-refractivity contribution in [1.29, 1.82) is 0 Å². The number of halogens is 1. The summed E-state index contributed by atoms with van der Waals surface area (Å²) >= 11 is 3.49. The Bertz CT molecular complexity index is 749.